The van der Waals surface area contributed by atoms with Gasteiger partial charge < -0.3 is 5.73 Å². The first-order valence-corrected chi connectivity index (χ1v) is 6.99. The van der Waals surface area contributed by atoms with Crippen LogP contribution in [0.1, 0.15) is 43.4 Å². The summed E-state index contributed by atoms with van der Waals surface area (Å²) >= 11 is 0. The van der Waals surface area contributed by atoms with Crippen molar-refractivity contribution >= 4 is 11.8 Å². The van der Waals surface area contributed by atoms with Gasteiger partial charge in [0, 0.05) is 5.69 Å². The van der Waals surface area contributed by atoms with E-state index in [-0.39, 0.29) is 0 Å². The van der Waals surface area contributed by atoms with Crippen molar-refractivity contribution in [3.05, 3.63) is 34.9 Å². The summed E-state index contributed by atoms with van der Waals surface area (Å²) in [6.45, 7) is 6.67. The number of nitrogens with zero attached hydrogens (tertiary/aromatic N) is 1. The molecule has 1 aromatic carbocycles. The third-order valence-corrected chi connectivity index (χ3v) is 4.67. The molecule has 0 spiro atoms. The molecule has 1 aliphatic carbocycles. The Labute approximate surface area is 115 Å². The molecule has 0 radical (unpaired) electrons. The summed E-state index contributed by atoms with van der Waals surface area (Å²) in [4.78, 5) is 0. The minimum absolute atomic E-state index is 0.633. The molecule has 2 rings (SSSR count). The topological polar surface area (TPSA) is 49.8 Å². The van der Waals surface area contributed by atoms with Gasteiger partial charge in [0.15, 0.2) is 0 Å². The molecule has 2 nitrogen and oxygen atoms in total. The van der Waals surface area contributed by atoms with Gasteiger partial charge in [-0.2, -0.15) is 5.26 Å². The summed E-state index contributed by atoms with van der Waals surface area (Å²) in [6.07, 6.45) is 6.81. The van der Waals surface area contributed by atoms with Crippen molar-refractivity contribution in [2.24, 2.45) is 17.8 Å². The van der Waals surface area contributed by atoms with E-state index in [0.29, 0.717) is 11.3 Å². The van der Waals surface area contributed by atoms with E-state index in [1.807, 2.05) is 13.0 Å². The van der Waals surface area contributed by atoms with Gasteiger partial charge >= 0.3 is 0 Å². The second kappa shape index (κ2) is 5.48. The van der Waals surface area contributed by atoms with Crippen LogP contribution < -0.4 is 5.73 Å². The highest BCUT2D eigenvalue weighted by Crippen LogP contribution is 2.41. The molecule has 1 saturated carbocycles. The monoisotopic (exact) mass is 254 g/mol. The number of nitrogens with two attached hydrogens (primary N) is 1. The van der Waals surface area contributed by atoms with Gasteiger partial charge in [-0.05, 0) is 60.8 Å². The average Bonchev–Trinajstić information content (AvgIpc) is 2.41. The van der Waals surface area contributed by atoms with Crippen LogP contribution in [0.2, 0.25) is 0 Å². The van der Waals surface area contributed by atoms with E-state index in [9.17, 15) is 0 Å². The zero-order valence-corrected chi connectivity index (χ0v) is 12.0. The number of allylic oxidation sites excluding steroid dienone is 1. The lowest BCUT2D eigenvalue weighted by atomic mass is 9.65. The molecule has 2 N–H and O–H groups in total. The van der Waals surface area contributed by atoms with Crippen molar-refractivity contribution in [2.75, 3.05) is 5.73 Å². The Balaban J connectivity index is 2.07. The van der Waals surface area contributed by atoms with Gasteiger partial charge in [0.2, 0.25) is 0 Å². The number of nitriles is 1. The summed E-state index contributed by atoms with van der Waals surface area (Å²) in [7, 11) is 0. The zero-order valence-electron chi connectivity index (χ0n) is 12.0. The van der Waals surface area contributed by atoms with Crippen molar-refractivity contribution < 1.29 is 0 Å². The quantitative estimate of drug-likeness (QED) is 0.824. The zero-order chi connectivity index (χ0) is 14.0. The molecule has 0 aliphatic heterocycles. The molecule has 3 unspecified atom stereocenters. The number of rotatable bonds is 3. The van der Waals surface area contributed by atoms with Crippen molar-refractivity contribution in [1.29, 1.82) is 5.26 Å². The van der Waals surface area contributed by atoms with E-state index in [4.69, 9.17) is 11.0 Å². The number of anilines is 1. The number of hydrogen-bond donors (Lipinski definition) is 1. The van der Waals surface area contributed by atoms with Crippen LogP contribution in [0.15, 0.2) is 18.2 Å². The maximum atomic E-state index is 8.97. The lowest BCUT2D eigenvalue weighted by Crippen LogP contribution is -2.31. The van der Waals surface area contributed by atoms with Crippen molar-refractivity contribution in [3.8, 4) is 6.07 Å². The van der Waals surface area contributed by atoms with Crippen molar-refractivity contribution in [3.63, 3.8) is 0 Å². The Kier molecular flexibility index (Phi) is 3.95. The fraction of sp³-hybridized carbons (Fsp3) is 0.471. The first-order chi connectivity index (χ1) is 9.02. The lowest BCUT2D eigenvalue weighted by molar-refractivity contribution is 0.106. The minimum Gasteiger partial charge on any atom is -0.398 e. The Hall–Kier alpha value is -1.75. The second-order valence-corrected chi connectivity index (χ2v) is 5.86. The van der Waals surface area contributed by atoms with Gasteiger partial charge in [-0.3, -0.25) is 0 Å². The van der Waals surface area contributed by atoms with E-state index in [1.165, 1.54) is 6.42 Å². The standard InChI is InChI=1S/C17H22N2/c1-11-7-15(12(11)2)5-4-6-16-8-14(10-18)9-17(19)13(16)3/h4,6,8-9,11-12,15H,5,7,19H2,1-3H3/b6-4-. The molecule has 3 atom stereocenters. The SMILES string of the molecule is Cc1c(N)cc(C#N)cc1/C=C\CC1CC(C)C1C. The minimum atomic E-state index is 0.633. The highest BCUT2D eigenvalue weighted by Gasteiger charge is 2.32. The van der Waals surface area contributed by atoms with Crippen molar-refractivity contribution in [2.45, 2.75) is 33.6 Å². The van der Waals surface area contributed by atoms with Gasteiger partial charge in [-0.1, -0.05) is 26.0 Å². The highest BCUT2D eigenvalue weighted by atomic mass is 14.6. The van der Waals surface area contributed by atoms with E-state index >= 15 is 0 Å². The molecule has 0 saturated heterocycles. The van der Waals surface area contributed by atoms with E-state index in [2.05, 4.69) is 32.1 Å². The first kappa shape index (κ1) is 13.7. The highest BCUT2D eigenvalue weighted by molar-refractivity contribution is 5.65. The predicted molar refractivity (Wildman–Crippen MR) is 80.4 cm³/mol. The maximum Gasteiger partial charge on any atom is 0.0992 e. The Morgan fingerprint density at radius 2 is 2.16 bits per heavy atom. The summed E-state index contributed by atoms with van der Waals surface area (Å²) in [6, 6.07) is 5.81. The molecule has 0 bridgehead atoms. The molecule has 2 heteroatoms. The smallest absolute Gasteiger partial charge is 0.0992 e. The van der Waals surface area contributed by atoms with Crippen LogP contribution >= 0.6 is 0 Å². The van der Waals surface area contributed by atoms with E-state index in [0.717, 1.165) is 35.3 Å². The van der Waals surface area contributed by atoms with Gasteiger partial charge in [0.1, 0.15) is 0 Å². The first-order valence-electron chi connectivity index (χ1n) is 6.99. The number of benzene rings is 1. The van der Waals surface area contributed by atoms with Crippen LogP contribution in [0.3, 0.4) is 0 Å². The molecule has 1 aromatic rings. The van der Waals surface area contributed by atoms with Gasteiger partial charge in [-0.15, -0.1) is 0 Å². The fourth-order valence-electron chi connectivity index (χ4n) is 2.85. The summed E-state index contributed by atoms with van der Waals surface area (Å²) in [5.74, 6) is 2.53. The molecule has 1 fully saturated rings. The van der Waals surface area contributed by atoms with Gasteiger partial charge in [-0.25, -0.2) is 0 Å². The largest absolute Gasteiger partial charge is 0.398 e. The average molecular weight is 254 g/mol. The van der Waals surface area contributed by atoms with Crippen LogP contribution in [0, 0.1) is 36.0 Å². The normalized spacial score (nSPS) is 26.1. The molecule has 0 amide bonds. The van der Waals surface area contributed by atoms with Gasteiger partial charge in [0.05, 0.1) is 11.6 Å². The van der Waals surface area contributed by atoms with E-state index in [1.54, 1.807) is 6.07 Å². The van der Waals surface area contributed by atoms with Gasteiger partial charge in [0.25, 0.3) is 0 Å². The third kappa shape index (κ3) is 2.81. The lowest BCUT2D eigenvalue weighted by Gasteiger charge is -2.40. The fourth-order valence-corrected chi connectivity index (χ4v) is 2.85. The molecule has 1 aliphatic rings. The molecule has 0 heterocycles. The third-order valence-electron chi connectivity index (χ3n) is 4.67. The van der Waals surface area contributed by atoms with E-state index < -0.39 is 0 Å². The summed E-state index contributed by atoms with van der Waals surface area (Å²) in [5, 5.41) is 8.97. The van der Waals surface area contributed by atoms with Crippen LogP contribution in [-0.4, -0.2) is 0 Å². The molecule has 100 valence electrons. The molecular weight excluding hydrogens is 232 g/mol. The molecule has 19 heavy (non-hydrogen) atoms. The molecular formula is C17H22N2. The summed E-state index contributed by atoms with van der Waals surface area (Å²) < 4.78 is 0. The number of nitrogen functional groups attached to an aromatic ring is 1. The van der Waals surface area contributed by atoms with Crippen molar-refractivity contribution in [1.82, 2.24) is 0 Å². The number of hydrogen-bond acceptors (Lipinski definition) is 2. The Morgan fingerprint density at radius 3 is 2.74 bits per heavy atom. The summed E-state index contributed by atoms with van der Waals surface area (Å²) in [5.41, 5.74) is 9.38. The molecule has 0 aromatic heterocycles. The van der Waals surface area contributed by atoms with Crippen LogP contribution in [0.25, 0.3) is 6.08 Å². The predicted octanol–water partition coefficient (Wildman–Crippen LogP) is 4.14. The van der Waals surface area contributed by atoms with Crippen LogP contribution in [0.5, 0.6) is 0 Å². The van der Waals surface area contributed by atoms with Crippen LogP contribution in [-0.2, 0) is 0 Å². The maximum absolute atomic E-state index is 8.97. The Morgan fingerprint density at radius 1 is 1.42 bits per heavy atom. The second-order valence-electron chi connectivity index (χ2n) is 5.86. The Bertz CT molecular complexity index is 537. The van der Waals surface area contributed by atoms with Crippen LogP contribution in [0.4, 0.5) is 5.69 Å².